The van der Waals surface area contributed by atoms with Crippen LogP contribution in [0.4, 0.5) is 5.82 Å². The quantitative estimate of drug-likeness (QED) is 0.840. The second kappa shape index (κ2) is 6.19. The van der Waals surface area contributed by atoms with Gasteiger partial charge in [-0.3, -0.25) is 4.79 Å². The van der Waals surface area contributed by atoms with Crippen molar-refractivity contribution in [2.75, 3.05) is 18.5 Å². The maximum atomic E-state index is 11.2. The first kappa shape index (κ1) is 12.6. The molecular weight excluding hydrogens is 280 g/mol. The molecule has 1 aromatic rings. The normalized spacial score (nSPS) is 9.81. The molecule has 1 heterocycles. The Labute approximate surface area is 99.8 Å². The van der Waals surface area contributed by atoms with Crippen molar-refractivity contribution in [3.05, 3.63) is 22.8 Å². The summed E-state index contributed by atoms with van der Waals surface area (Å²) in [5.41, 5.74) is 0. The minimum absolute atomic E-state index is 0.315. The fourth-order valence-corrected chi connectivity index (χ4v) is 1.09. The predicted octanol–water partition coefficient (Wildman–Crippen LogP) is 0.884. The lowest BCUT2D eigenvalue weighted by atomic mass is 10.4. The van der Waals surface area contributed by atoms with Crippen LogP contribution in [-0.2, 0) is 14.3 Å². The van der Waals surface area contributed by atoms with Crippen LogP contribution in [-0.4, -0.2) is 35.2 Å². The summed E-state index contributed by atoms with van der Waals surface area (Å²) in [4.78, 5) is 25.2. The van der Waals surface area contributed by atoms with E-state index in [0.29, 0.717) is 5.82 Å². The molecule has 6 nitrogen and oxygen atoms in total. The zero-order chi connectivity index (χ0) is 12.0. The molecule has 0 radical (unpaired) electrons. The Balaban J connectivity index is 2.34. The van der Waals surface area contributed by atoms with Crippen molar-refractivity contribution in [2.45, 2.75) is 0 Å². The molecule has 16 heavy (non-hydrogen) atoms. The molecule has 1 amide bonds. The molecule has 0 fully saturated rings. The van der Waals surface area contributed by atoms with Gasteiger partial charge in [0.05, 0.1) is 0 Å². The number of nitrogens with zero attached hydrogens (tertiary/aromatic N) is 1. The second-order valence-electron chi connectivity index (χ2n) is 2.80. The Morgan fingerprint density at radius 2 is 2.19 bits per heavy atom. The Hall–Kier alpha value is -1.47. The van der Waals surface area contributed by atoms with Gasteiger partial charge in [-0.05, 0) is 28.1 Å². The SMILES string of the molecule is O=C(O)COCC(=O)Nc1ccc(Br)cn1. The van der Waals surface area contributed by atoms with Gasteiger partial charge in [0, 0.05) is 10.7 Å². The van der Waals surface area contributed by atoms with Gasteiger partial charge in [-0.2, -0.15) is 0 Å². The molecule has 0 bridgehead atoms. The number of pyridine rings is 1. The second-order valence-corrected chi connectivity index (χ2v) is 3.71. The number of anilines is 1. The lowest BCUT2D eigenvalue weighted by Crippen LogP contribution is -2.21. The van der Waals surface area contributed by atoms with Crippen LogP contribution in [0, 0.1) is 0 Å². The standard InChI is InChI=1S/C9H9BrN2O4/c10-6-1-2-7(11-3-6)12-8(13)4-16-5-9(14)15/h1-3H,4-5H2,(H,14,15)(H,11,12,13). The smallest absolute Gasteiger partial charge is 0.329 e. The third-order valence-electron chi connectivity index (χ3n) is 1.45. The molecule has 0 unspecified atom stereocenters. The highest BCUT2D eigenvalue weighted by atomic mass is 79.9. The van der Waals surface area contributed by atoms with Crippen molar-refractivity contribution < 1.29 is 19.4 Å². The first-order chi connectivity index (χ1) is 7.58. The largest absolute Gasteiger partial charge is 0.480 e. The fourth-order valence-electron chi connectivity index (χ4n) is 0.860. The van der Waals surface area contributed by atoms with Crippen LogP contribution in [0.1, 0.15) is 0 Å². The van der Waals surface area contributed by atoms with Gasteiger partial charge in [0.2, 0.25) is 0 Å². The summed E-state index contributed by atoms with van der Waals surface area (Å²) in [5, 5.41) is 10.7. The Bertz CT molecular complexity index is 380. The van der Waals surface area contributed by atoms with E-state index in [1.807, 2.05) is 0 Å². The predicted molar refractivity (Wildman–Crippen MR) is 59.0 cm³/mol. The average Bonchev–Trinajstić information content (AvgIpc) is 2.21. The summed E-state index contributed by atoms with van der Waals surface area (Å²) in [7, 11) is 0. The minimum Gasteiger partial charge on any atom is -0.480 e. The number of nitrogens with one attached hydrogen (secondary N) is 1. The van der Waals surface area contributed by atoms with Gasteiger partial charge in [-0.1, -0.05) is 0 Å². The number of halogens is 1. The Morgan fingerprint density at radius 3 is 2.75 bits per heavy atom. The highest BCUT2D eigenvalue weighted by Gasteiger charge is 2.04. The number of ether oxygens (including phenoxy) is 1. The third kappa shape index (κ3) is 4.85. The molecule has 7 heteroatoms. The fraction of sp³-hybridized carbons (Fsp3) is 0.222. The van der Waals surface area contributed by atoms with Crippen LogP contribution in [0.25, 0.3) is 0 Å². The van der Waals surface area contributed by atoms with Crippen LogP contribution in [0.15, 0.2) is 22.8 Å². The topological polar surface area (TPSA) is 88.5 Å². The summed E-state index contributed by atoms with van der Waals surface area (Å²) in [5.74, 6) is -1.18. The molecule has 0 saturated heterocycles. The number of carboxylic acids is 1. The van der Waals surface area contributed by atoms with Crippen molar-refractivity contribution in [1.82, 2.24) is 4.98 Å². The number of hydrogen-bond donors (Lipinski definition) is 2. The molecule has 0 aliphatic carbocycles. The maximum absolute atomic E-state index is 11.2. The number of amides is 1. The molecule has 0 spiro atoms. The van der Waals surface area contributed by atoms with Crippen LogP contribution in [0.5, 0.6) is 0 Å². The number of carbonyl (C=O) groups excluding carboxylic acids is 1. The van der Waals surface area contributed by atoms with Gasteiger partial charge < -0.3 is 15.2 Å². The molecule has 86 valence electrons. The summed E-state index contributed by atoms with van der Waals surface area (Å²) in [6.07, 6.45) is 1.54. The van der Waals surface area contributed by atoms with Gasteiger partial charge in [-0.25, -0.2) is 9.78 Å². The number of aromatic nitrogens is 1. The molecule has 0 aliphatic heterocycles. The van der Waals surface area contributed by atoms with Crippen molar-refractivity contribution >= 4 is 33.6 Å². The third-order valence-corrected chi connectivity index (χ3v) is 1.92. The van der Waals surface area contributed by atoms with Gasteiger partial charge in [0.1, 0.15) is 19.0 Å². The molecule has 0 saturated carbocycles. The molecule has 0 aromatic carbocycles. The van der Waals surface area contributed by atoms with Gasteiger partial charge in [-0.15, -0.1) is 0 Å². The number of carbonyl (C=O) groups is 2. The molecule has 1 rings (SSSR count). The van der Waals surface area contributed by atoms with Crippen LogP contribution in [0.3, 0.4) is 0 Å². The zero-order valence-corrected chi connectivity index (χ0v) is 9.73. The van der Waals surface area contributed by atoms with Gasteiger partial charge in [0.15, 0.2) is 0 Å². The summed E-state index contributed by atoms with van der Waals surface area (Å²) >= 11 is 3.20. The van der Waals surface area contributed by atoms with E-state index in [0.717, 1.165) is 4.47 Å². The molecular formula is C9H9BrN2O4. The monoisotopic (exact) mass is 288 g/mol. The van der Waals surface area contributed by atoms with Crippen molar-refractivity contribution in [2.24, 2.45) is 0 Å². The van der Waals surface area contributed by atoms with Crippen LogP contribution in [0.2, 0.25) is 0 Å². The van der Waals surface area contributed by atoms with Crippen LogP contribution < -0.4 is 5.32 Å². The lowest BCUT2D eigenvalue weighted by molar-refractivity contribution is -0.143. The average molecular weight is 289 g/mol. The Morgan fingerprint density at radius 1 is 1.44 bits per heavy atom. The molecule has 0 atom stereocenters. The molecule has 0 aliphatic rings. The van der Waals surface area contributed by atoms with Crippen molar-refractivity contribution in [3.63, 3.8) is 0 Å². The van der Waals surface area contributed by atoms with Gasteiger partial charge in [0.25, 0.3) is 5.91 Å². The maximum Gasteiger partial charge on any atom is 0.329 e. The first-order valence-electron chi connectivity index (χ1n) is 4.29. The van der Waals surface area contributed by atoms with E-state index in [1.165, 1.54) is 6.20 Å². The van der Waals surface area contributed by atoms with Gasteiger partial charge >= 0.3 is 5.97 Å². The van der Waals surface area contributed by atoms with E-state index in [9.17, 15) is 9.59 Å². The van der Waals surface area contributed by atoms with Crippen LogP contribution >= 0.6 is 15.9 Å². The van der Waals surface area contributed by atoms with Crippen molar-refractivity contribution in [3.8, 4) is 0 Å². The number of rotatable bonds is 5. The summed E-state index contributed by atoms with van der Waals surface area (Å²) < 4.78 is 5.40. The number of hydrogen-bond acceptors (Lipinski definition) is 4. The van der Waals surface area contributed by atoms with E-state index in [1.54, 1.807) is 12.1 Å². The Kier molecular flexibility index (Phi) is 4.87. The lowest BCUT2D eigenvalue weighted by Gasteiger charge is -2.03. The highest BCUT2D eigenvalue weighted by Crippen LogP contribution is 2.10. The van der Waals surface area contributed by atoms with E-state index in [4.69, 9.17) is 5.11 Å². The molecule has 2 N–H and O–H groups in total. The highest BCUT2D eigenvalue weighted by molar-refractivity contribution is 9.10. The van der Waals surface area contributed by atoms with E-state index >= 15 is 0 Å². The van der Waals surface area contributed by atoms with E-state index in [2.05, 4.69) is 31.0 Å². The van der Waals surface area contributed by atoms with E-state index in [-0.39, 0.29) is 6.61 Å². The van der Waals surface area contributed by atoms with E-state index < -0.39 is 18.5 Å². The number of aliphatic carboxylic acids is 1. The summed E-state index contributed by atoms with van der Waals surface area (Å²) in [6.45, 7) is -0.814. The first-order valence-corrected chi connectivity index (χ1v) is 5.08. The zero-order valence-electron chi connectivity index (χ0n) is 8.14. The van der Waals surface area contributed by atoms with Crippen molar-refractivity contribution in [1.29, 1.82) is 0 Å². The number of carboxylic acid groups (broad SMARTS) is 1. The summed E-state index contributed by atoms with van der Waals surface area (Å²) in [6, 6.07) is 3.33. The molecule has 1 aromatic heterocycles. The minimum atomic E-state index is -1.12.